The van der Waals surface area contributed by atoms with E-state index in [9.17, 15) is 14.4 Å². The van der Waals surface area contributed by atoms with Crippen molar-refractivity contribution in [2.24, 2.45) is 0 Å². The SMILES string of the molecule is CCCn1nc(C(=O)OCC(=O)NCc2ccc(C)cc2)ccc1=O. The van der Waals surface area contributed by atoms with Crippen molar-refractivity contribution >= 4 is 11.9 Å². The minimum Gasteiger partial charge on any atom is -0.451 e. The van der Waals surface area contributed by atoms with E-state index in [1.165, 1.54) is 16.8 Å². The molecule has 1 amide bonds. The molecular weight excluding hydrogens is 322 g/mol. The second-order valence-electron chi connectivity index (χ2n) is 5.62. The number of aromatic nitrogens is 2. The van der Waals surface area contributed by atoms with E-state index in [0.29, 0.717) is 19.5 Å². The number of amides is 1. The quantitative estimate of drug-likeness (QED) is 0.768. The number of esters is 1. The van der Waals surface area contributed by atoms with E-state index in [-0.39, 0.29) is 11.3 Å². The van der Waals surface area contributed by atoms with Gasteiger partial charge in [0.25, 0.3) is 11.5 Å². The van der Waals surface area contributed by atoms with Gasteiger partial charge < -0.3 is 10.1 Å². The zero-order chi connectivity index (χ0) is 18.2. The van der Waals surface area contributed by atoms with Gasteiger partial charge in [-0.15, -0.1) is 0 Å². The first kappa shape index (κ1) is 18.4. The number of benzene rings is 1. The van der Waals surface area contributed by atoms with Gasteiger partial charge >= 0.3 is 5.97 Å². The highest BCUT2D eigenvalue weighted by Gasteiger charge is 2.13. The van der Waals surface area contributed by atoms with Crippen molar-refractivity contribution < 1.29 is 14.3 Å². The van der Waals surface area contributed by atoms with Crippen LogP contribution in [0.4, 0.5) is 0 Å². The Kier molecular flexibility index (Phi) is 6.45. The average molecular weight is 343 g/mol. The molecule has 7 heteroatoms. The largest absolute Gasteiger partial charge is 0.451 e. The lowest BCUT2D eigenvalue weighted by Gasteiger charge is -2.08. The van der Waals surface area contributed by atoms with Gasteiger partial charge in [-0.05, 0) is 25.0 Å². The summed E-state index contributed by atoms with van der Waals surface area (Å²) >= 11 is 0. The van der Waals surface area contributed by atoms with Crippen molar-refractivity contribution in [2.75, 3.05) is 6.61 Å². The van der Waals surface area contributed by atoms with E-state index in [4.69, 9.17) is 4.74 Å². The average Bonchev–Trinajstić information content (AvgIpc) is 2.61. The van der Waals surface area contributed by atoms with Gasteiger partial charge in [-0.3, -0.25) is 9.59 Å². The normalized spacial score (nSPS) is 10.3. The Morgan fingerprint density at radius 2 is 1.88 bits per heavy atom. The van der Waals surface area contributed by atoms with Gasteiger partial charge in [-0.2, -0.15) is 5.10 Å². The number of hydrogen-bond acceptors (Lipinski definition) is 5. The first-order valence-electron chi connectivity index (χ1n) is 8.07. The Balaban J connectivity index is 1.84. The molecule has 132 valence electrons. The number of carbonyl (C=O) groups excluding carboxylic acids is 2. The first-order chi connectivity index (χ1) is 12.0. The zero-order valence-electron chi connectivity index (χ0n) is 14.3. The van der Waals surface area contributed by atoms with Crippen molar-refractivity contribution in [1.29, 1.82) is 0 Å². The van der Waals surface area contributed by atoms with Crippen LogP contribution in [0.2, 0.25) is 0 Å². The molecule has 0 fully saturated rings. The second-order valence-corrected chi connectivity index (χ2v) is 5.62. The fourth-order valence-corrected chi connectivity index (χ4v) is 2.09. The van der Waals surface area contributed by atoms with Gasteiger partial charge in [0.2, 0.25) is 0 Å². The molecule has 0 unspecified atom stereocenters. The highest BCUT2D eigenvalue weighted by molar-refractivity contribution is 5.89. The number of nitrogens with zero attached hydrogens (tertiary/aromatic N) is 2. The predicted molar refractivity (Wildman–Crippen MR) is 92.1 cm³/mol. The topological polar surface area (TPSA) is 90.3 Å². The number of hydrogen-bond donors (Lipinski definition) is 1. The van der Waals surface area contributed by atoms with E-state index in [2.05, 4.69) is 10.4 Å². The molecule has 0 aliphatic carbocycles. The summed E-state index contributed by atoms with van der Waals surface area (Å²) in [6, 6.07) is 10.3. The summed E-state index contributed by atoms with van der Waals surface area (Å²) in [5, 5.41) is 6.61. The molecule has 1 aromatic heterocycles. The number of nitrogens with one attached hydrogen (secondary N) is 1. The lowest BCUT2D eigenvalue weighted by molar-refractivity contribution is -0.124. The van der Waals surface area contributed by atoms with Crippen LogP contribution in [0.15, 0.2) is 41.2 Å². The molecule has 0 atom stereocenters. The smallest absolute Gasteiger partial charge is 0.359 e. The Bertz CT molecular complexity index is 797. The Morgan fingerprint density at radius 3 is 2.56 bits per heavy atom. The number of rotatable bonds is 7. The lowest BCUT2D eigenvalue weighted by Crippen LogP contribution is -2.29. The van der Waals surface area contributed by atoms with Crippen molar-refractivity contribution in [3.8, 4) is 0 Å². The summed E-state index contributed by atoms with van der Waals surface area (Å²) in [6.07, 6.45) is 0.715. The Hall–Kier alpha value is -2.96. The van der Waals surface area contributed by atoms with E-state index >= 15 is 0 Å². The Morgan fingerprint density at radius 1 is 1.16 bits per heavy atom. The maximum absolute atomic E-state index is 11.9. The summed E-state index contributed by atoms with van der Waals surface area (Å²) in [5.74, 6) is -1.15. The van der Waals surface area contributed by atoms with E-state index < -0.39 is 18.5 Å². The minimum absolute atomic E-state index is 0.000570. The molecule has 0 saturated heterocycles. The number of ether oxygens (including phenoxy) is 1. The van der Waals surface area contributed by atoms with Crippen LogP contribution in [0, 0.1) is 6.92 Å². The molecule has 0 radical (unpaired) electrons. The molecule has 1 aromatic carbocycles. The summed E-state index contributed by atoms with van der Waals surface area (Å²) < 4.78 is 6.14. The molecule has 2 rings (SSSR count). The van der Waals surface area contributed by atoms with Gasteiger partial charge in [-0.25, -0.2) is 9.48 Å². The van der Waals surface area contributed by atoms with Crippen LogP contribution in [-0.2, 0) is 22.6 Å². The highest BCUT2D eigenvalue weighted by Crippen LogP contribution is 2.02. The van der Waals surface area contributed by atoms with Crippen LogP contribution in [0.5, 0.6) is 0 Å². The van der Waals surface area contributed by atoms with Crippen LogP contribution in [0.1, 0.15) is 35.0 Å². The monoisotopic (exact) mass is 343 g/mol. The van der Waals surface area contributed by atoms with Gasteiger partial charge in [-0.1, -0.05) is 36.8 Å². The molecule has 0 spiro atoms. The van der Waals surface area contributed by atoms with Crippen LogP contribution < -0.4 is 10.9 Å². The third-order valence-corrected chi connectivity index (χ3v) is 3.46. The molecule has 1 heterocycles. The molecule has 7 nitrogen and oxygen atoms in total. The third-order valence-electron chi connectivity index (χ3n) is 3.46. The van der Waals surface area contributed by atoms with Gasteiger partial charge in [0, 0.05) is 19.2 Å². The summed E-state index contributed by atoms with van der Waals surface area (Å²) in [4.78, 5) is 35.3. The van der Waals surface area contributed by atoms with E-state index in [0.717, 1.165) is 11.1 Å². The molecule has 0 aliphatic rings. The zero-order valence-corrected chi connectivity index (χ0v) is 14.3. The molecule has 0 bridgehead atoms. The van der Waals surface area contributed by atoms with Gasteiger partial charge in [0.05, 0.1) is 0 Å². The standard InChI is InChI=1S/C18H21N3O4/c1-3-10-21-17(23)9-8-15(20-21)18(24)25-12-16(22)19-11-14-6-4-13(2)5-7-14/h4-9H,3,10-12H2,1-2H3,(H,19,22). The van der Waals surface area contributed by atoms with Crippen molar-refractivity contribution in [1.82, 2.24) is 15.1 Å². The fourth-order valence-electron chi connectivity index (χ4n) is 2.09. The summed E-state index contributed by atoms with van der Waals surface area (Å²) in [7, 11) is 0. The van der Waals surface area contributed by atoms with Crippen LogP contribution in [0.3, 0.4) is 0 Å². The summed E-state index contributed by atoms with van der Waals surface area (Å²) in [6.45, 7) is 4.25. The predicted octanol–water partition coefficient (Wildman–Crippen LogP) is 1.43. The van der Waals surface area contributed by atoms with Crippen molar-refractivity contribution in [3.05, 3.63) is 63.6 Å². The molecule has 0 saturated carbocycles. The Labute approximate surface area is 145 Å². The first-order valence-corrected chi connectivity index (χ1v) is 8.07. The fraction of sp³-hybridized carbons (Fsp3) is 0.333. The van der Waals surface area contributed by atoms with Gasteiger partial charge in [0.15, 0.2) is 12.3 Å². The van der Waals surface area contributed by atoms with Crippen LogP contribution in [-0.4, -0.2) is 28.3 Å². The van der Waals surface area contributed by atoms with Crippen molar-refractivity contribution in [3.63, 3.8) is 0 Å². The highest BCUT2D eigenvalue weighted by atomic mass is 16.5. The van der Waals surface area contributed by atoms with Gasteiger partial charge in [0.1, 0.15) is 0 Å². The third kappa shape index (κ3) is 5.56. The van der Waals surface area contributed by atoms with E-state index in [1.807, 2.05) is 38.1 Å². The van der Waals surface area contributed by atoms with E-state index in [1.54, 1.807) is 0 Å². The number of aryl methyl sites for hydroxylation is 2. The lowest BCUT2D eigenvalue weighted by atomic mass is 10.1. The summed E-state index contributed by atoms with van der Waals surface area (Å²) in [5.41, 5.74) is 1.81. The van der Waals surface area contributed by atoms with Crippen LogP contribution >= 0.6 is 0 Å². The van der Waals surface area contributed by atoms with Crippen molar-refractivity contribution in [2.45, 2.75) is 33.4 Å². The molecule has 25 heavy (non-hydrogen) atoms. The maximum atomic E-state index is 11.9. The molecule has 1 N–H and O–H groups in total. The minimum atomic E-state index is -0.740. The second kappa shape index (κ2) is 8.77. The molecule has 0 aliphatic heterocycles. The molecular formula is C18H21N3O4. The number of carbonyl (C=O) groups is 2. The van der Waals surface area contributed by atoms with Crippen LogP contribution in [0.25, 0.3) is 0 Å². The maximum Gasteiger partial charge on any atom is 0.359 e. The molecule has 2 aromatic rings.